The minimum absolute atomic E-state index is 0.00698. The van der Waals surface area contributed by atoms with E-state index < -0.39 is 11.7 Å². The molecule has 1 aliphatic heterocycles. The van der Waals surface area contributed by atoms with Crippen molar-refractivity contribution in [1.82, 2.24) is 19.4 Å². The zero-order valence-electron chi connectivity index (χ0n) is 24.2. The number of piperazine rings is 1. The predicted octanol–water partition coefficient (Wildman–Crippen LogP) is 7.69. The van der Waals surface area contributed by atoms with Crippen LogP contribution in [0.2, 0.25) is 0 Å². The van der Waals surface area contributed by atoms with Gasteiger partial charge in [0.05, 0.1) is 22.5 Å². The van der Waals surface area contributed by atoms with Crippen molar-refractivity contribution in [3.63, 3.8) is 0 Å². The molecule has 0 unspecified atom stereocenters. The van der Waals surface area contributed by atoms with Gasteiger partial charge in [-0.05, 0) is 42.3 Å². The third kappa shape index (κ3) is 6.71. The molecule has 0 aliphatic carbocycles. The minimum atomic E-state index is -4.43. The fraction of sp³-hybridized carbons (Fsp3) is 0.235. The van der Waals surface area contributed by atoms with Crippen LogP contribution in [0.1, 0.15) is 32.7 Å². The Kier molecular flexibility index (Phi) is 8.54. The number of nitrogens with zero attached hydrogens (tertiary/aromatic N) is 4. The van der Waals surface area contributed by atoms with E-state index in [1.165, 1.54) is 23.0 Å². The van der Waals surface area contributed by atoms with Gasteiger partial charge in [0.1, 0.15) is 0 Å². The number of hydrogen-bond acceptors (Lipinski definition) is 5. The Morgan fingerprint density at radius 1 is 0.864 bits per heavy atom. The lowest BCUT2D eigenvalue weighted by atomic mass is 10.1. The predicted molar refractivity (Wildman–Crippen MR) is 168 cm³/mol. The summed E-state index contributed by atoms with van der Waals surface area (Å²) in [6.45, 7) is 6.26. The molecule has 2 aromatic heterocycles. The normalized spacial score (nSPS) is 14.1. The first-order valence-electron chi connectivity index (χ1n) is 14.4. The first-order valence-corrected chi connectivity index (χ1v) is 15.3. The van der Waals surface area contributed by atoms with Gasteiger partial charge in [-0.3, -0.25) is 9.69 Å². The van der Waals surface area contributed by atoms with Gasteiger partial charge in [-0.15, -0.1) is 11.3 Å². The number of nitrogens with one attached hydrogen (secondary N) is 1. The molecule has 10 heteroatoms. The summed E-state index contributed by atoms with van der Waals surface area (Å²) in [6, 6.07) is 27.3. The molecule has 1 aliphatic rings. The Hall–Kier alpha value is -4.41. The van der Waals surface area contributed by atoms with Crippen LogP contribution in [-0.2, 0) is 19.3 Å². The van der Waals surface area contributed by atoms with Crippen molar-refractivity contribution in [2.45, 2.75) is 26.2 Å². The smallest absolute Gasteiger partial charge is 0.338 e. The molecule has 0 saturated carbocycles. The number of carbonyl (C=O) groups is 1. The second-order valence-electron chi connectivity index (χ2n) is 10.9. The van der Waals surface area contributed by atoms with Gasteiger partial charge in [0.15, 0.2) is 5.13 Å². The molecule has 1 fully saturated rings. The molecule has 6 nitrogen and oxygen atoms in total. The molecule has 44 heavy (non-hydrogen) atoms. The zero-order chi connectivity index (χ0) is 30.7. The second kappa shape index (κ2) is 12.7. The lowest BCUT2D eigenvalue weighted by molar-refractivity contribution is -0.137. The maximum absolute atomic E-state index is 13.9. The summed E-state index contributed by atoms with van der Waals surface area (Å²) in [5.74, 6) is -0.00698. The van der Waals surface area contributed by atoms with Gasteiger partial charge in [0.2, 0.25) is 0 Å². The lowest BCUT2D eigenvalue weighted by Crippen LogP contribution is -2.48. The Balaban J connectivity index is 1.24. The van der Waals surface area contributed by atoms with E-state index >= 15 is 0 Å². The molecule has 6 rings (SSSR count). The van der Waals surface area contributed by atoms with Gasteiger partial charge in [-0.25, -0.2) is 4.98 Å². The molecule has 0 radical (unpaired) electrons. The van der Waals surface area contributed by atoms with Crippen molar-refractivity contribution in [3.8, 4) is 11.4 Å². The van der Waals surface area contributed by atoms with Gasteiger partial charge in [-0.1, -0.05) is 66.7 Å². The number of anilines is 2. The molecule has 1 saturated heterocycles. The Labute approximate surface area is 258 Å². The topological polar surface area (TPSA) is 53.4 Å². The molecule has 5 aromatic rings. The van der Waals surface area contributed by atoms with Crippen LogP contribution in [0, 0.1) is 6.92 Å². The molecule has 0 spiro atoms. The first-order chi connectivity index (χ1) is 21.2. The monoisotopic (exact) mass is 615 g/mol. The summed E-state index contributed by atoms with van der Waals surface area (Å²) in [6.07, 6.45) is -4.43. The van der Waals surface area contributed by atoms with E-state index in [4.69, 9.17) is 4.98 Å². The van der Waals surface area contributed by atoms with Gasteiger partial charge in [0, 0.05) is 56.0 Å². The lowest BCUT2D eigenvalue weighted by Gasteiger charge is -2.34. The van der Waals surface area contributed by atoms with Crippen LogP contribution < -0.4 is 5.32 Å². The number of aromatic nitrogens is 2. The van der Waals surface area contributed by atoms with E-state index in [1.54, 1.807) is 6.07 Å². The van der Waals surface area contributed by atoms with Gasteiger partial charge in [-0.2, -0.15) is 13.2 Å². The van der Waals surface area contributed by atoms with E-state index in [9.17, 15) is 18.0 Å². The second-order valence-corrected chi connectivity index (χ2v) is 11.8. The average Bonchev–Trinajstić information content (AvgIpc) is 3.62. The van der Waals surface area contributed by atoms with Crippen molar-refractivity contribution in [2.75, 3.05) is 31.5 Å². The van der Waals surface area contributed by atoms with Crippen LogP contribution in [0.4, 0.5) is 24.0 Å². The number of amides is 1. The van der Waals surface area contributed by atoms with Crippen LogP contribution in [0.5, 0.6) is 0 Å². The Morgan fingerprint density at radius 2 is 1.52 bits per heavy atom. The number of thiazole rings is 1. The van der Waals surface area contributed by atoms with Gasteiger partial charge >= 0.3 is 6.18 Å². The standard InChI is InChI=1S/C34H32F3N5OS/c1-24-29(32(43)41-17-15-40(16-18-41)21-25-9-4-2-5-10-25)20-31(42(24)22-26-11-6-3-7-12-26)30-23-44-33(39-30)38-28-14-8-13-27(19-28)34(35,36)37/h2-14,19-20,23H,15-18,21-22H2,1H3,(H,38,39). The number of alkyl halides is 3. The quantitative estimate of drug-likeness (QED) is 0.195. The molecule has 3 heterocycles. The number of rotatable bonds is 8. The summed E-state index contributed by atoms with van der Waals surface area (Å²) < 4.78 is 41.8. The highest BCUT2D eigenvalue weighted by Crippen LogP contribution is 2.34. The highest BCUT2D eigenvalue weighted by atomic mass is 32.1. The summed E-state index contributed by atoms with van der Waals surface area (Å²) in [7, 11) is 0. The van der Waals surface area contributed by atoms with Crippen molar-refractivity contribution in [2.24, 2.45) is 0 Å². The fourth-order valence-corrected chi connectivity index (χ4v) is 6.23. The largest absolute Gasteiger partial charge is 0.416 e. The van der Waals surface area contributed by atoms with E-state index in [0.717, 1.165) is 48.7 Å². The van der Waals surface area contributed by atoms with E-state index in [2.05, 4.69) is 26.9 Å². The molecular weight excluding hydrogens is 583 g/mol. The molecule has 1 N–H and O–H groups in total. The summed E-state index contributed by atoms with van der Waals surface area (Å²) in [5, 5.41) is 5.34. The molecule has 1 amide bonds. The van der Waals surface area contributed by atoms with Crippen LogP contribution in [0.15, 0.2) is 96.4 Å². The van der Waals surface area contributed by atoms with Gasteiger partial charge < -0.3 is 14.8 Å². The fourth-order valence-electron chi connectivity index (χ4n) is 5.51. The molecule has 0 atom stereocenters. The van der Waals surface area contributed by atoms with Crippen LogP contribution in [-0.4, -0.2) is 51.4 Å². The van der Waals surface area contributed by atoms with Gasteiger partial charge in [0.25, 0.3) is 5.91 Å². The Bertz CT molecular complexity index is 1720. The van der Waals surface area contributed by atoms with Crippen LogP contribution in [0.25, 0.3) is 11.4 Å². The summed E-state index contributed by atoms with van der Waals surface area (Å²) in [4.78, 5) is 22.9. The maximum atomic E-state index is 13.9. The minimum Gasteiger partial charge on any atom is -0.338 e. The third-order valence-corrected chi connectivity index (χ3v) is 8.65. The van der Waals surface area contributed by atoms with E-state index in [0.29, 0.717) is 41.7 Å². The van der Waals surface area contributed by atoms with Crippen molar-refractivity contribution in [3.05, 3.63) is 124 Å². The van der Waals surface area contributed by atoms with Crippen LogP contribution >= 0.6 is 11.3 Å². The first kappa shape index (κ1) is 29.7. The molecular formula is C34H32F3N5OS. The number of carbonyl (C=O) groups excluding carboxylic acids is 1. The van der Waals surface area contributed by atoms with Crippen molar-refractivity contribution < 1.29 is 18.0 Å². The molecule has 3 aromatic carbocycles. The summed E-state index contributed by atoms with van der Waals surface area (Å²) in [5.41, 5.74) is 4.83. The van der Waals surface area contributed by atoms with E-state index in [-0.39, 0.29) is 5.91 Å². The number of halogens is 3. The third-order valence-electron chi connectivity index (χ3n) is 7.90. The molecule has 0 bridgehead atoms. The Morgan fingerprint density at radius 3 is 2.18 bits per heavy atom. The molecule has 226 valence electrons. The maximum Gasteiger partial charge on any atom is 0.416 e. The van der Waals surface area contributed by atoms with Crippen LogP contribution in [0.3, 0.4) is 0 Å². The SMILES string of the molecule is Cc1c(C(=O)N2CCN(Cc3ccccc3)CC2)cc(-c2csc(Nc3cccc(C(F)(F)F)c3)n2)n1Cc1ccccc1. The van der Waals surface area contributed by atoms with Crippen molar-refractivity contribution >= 4 is 28.1 Å². The summed E-state index contributed by atoms with van der Waals surface area (Å²) >= 11 is 1.30. The average molecular weight is 616 g/mol. The highest BCUT2D eigenvalue weighted by Gasteiger charge is 2.31. The van der Waals surface area contributed by atoms with E-state index in [1.807, 2.05) is 71.8 Å². The number of hydrogen-bond donors (Lipinski definition) is 1. The zero-order valence-corrected chi connectivity index (χ0v) is 25.0. The number of benzene rings is 3. The van der Waals surface area contributed by atoms with Crippen molar-refractivity contribution in [1.29, 1.82) is 0 Å². The highest BCUT2D eigenvalue weighted by molar-refractivity contribution is 7.14.